The van der Waals surface area contributed by atoms with Gasteiger partial charge in [0.05, 0.1) is 12.4 Å². The Hall–Kier alpha value is -2.97. The van der Waals surface area contributed by atoms with Gasteiger partial charge >= 0.3 is 6.09 Å². The second-order valence-electron chi connectivity index (χ2n) is 7.54. The molecule has 1 aliphatic rings. The molecule has 0 unspecified atom stereocenters. The molecule has 0 aliphatic heterocycles. The lowest BCUT2D eigenvalue weighted by molar-refractivity contribution is 0.0505. The molecule has 0 spiro atoms. The fourth-order valence-electron chi connectivity index (χ4n) is 2.96. The minimum atomic E-state index is -0.508. The van der Waals surface area contributed by atoms with Crippen LogP contribution in [-0.2, 0) is 4.74 Å². The number of carbonyl (C=O) groups is 1. The first kappa shape index (κ1) is 18.8. The number of alkyl carbamates (subject to hydrolysis) is 1. The molecular weight excluding hydrogens is 348 g/mol. The number of aromatic nitrogens is 4. The minimum Gasteiger partial charge on any atom is -0.444 e. The second kappa shape index (κ2) is 7.73. The van der Waals surface area contributed by atoms with E-state index < -0.39 is 11.7 Å². The van der Waals surface area contributed by atoms with E-state index in [2.05, 4.69) is 25.7 Å². The summed E-state index contributed by atoms with van der Waals surface area (Å²) in [6.45, 7) is 5.52. The molecular formula is C18H24N6O3. The predicted molar refractivity (Wildman–Crippen MR) is 99.8 cm³/mol. The highest BCUT2D eigenvalue weighted by atomic mass is 16.6. The average molecular weight is 372 g/mol. The molecule has 2 aromatic heterocycles. The summed E-state index contributed by atoms with van der Waals surface area (Å²) in [6.07, 6.45) is 6.76. The van der Waals surface area contributed by atoms with Crippen molar-refractivity contribution in [3.05, 3.63) is 41.1 Å². The molecule has 2 atom stereocenters. The number of anilines is 1. The Labute approximate surface area is 157 Å². The maximum Gasteiger partial charge on any atom is 0.407 e. The lowest BCUT2D eigenvalue weighted by Crippen LogP contribution is -2.38. The number of nitrogens with one attached hydrogen (secondary N) is 2. The van der Waals surface area contributed by atoms with Crippen molar-refractivity contribution < 1.29 is 9.53 Å². The van der Waals surface area contributed by atoms with Crippen LogP contribution in [0.25, 0.3) is 5.69 Å². The molecule has 1 saturated carbocycles. The van der Waals surface area contributed by atoms with Gasteiger partial charge in [0, 0.05) is 24.3 Å². The molecule has 9 heteroatoms. The van der Waals surface area contributed by atoms with Gasteiger partial charge in [0.25, 0.3) is 5.56 Å². The molecule has 2 N–H and O–H groups in total. The SMILES string of the molecule is CC(C)(C)OC(=O)N[C@H]1CC[C@H](Nc2ncc(-n3ncccc3=O)cn2)C1. The largest absolute Gasteiger partial charge is 0.444 e. The molecule has 1 fully saturated rings. The van der Waals surface area contributed by atoms with E-state index in [9.17, 15) is 9.59 Å². The van der Waals surface area contributed by atoms with Crippen LogP contribution >= 0.6 is 0 Å². The van der Waals surface area contributed by atoms with Crippen molar-refractivity contribution in [2.45, 2.75) is 57.7 Å². The van der Waals surface area contributed by atoms with E-state index in [4.69, 9.17) is 4.74 Å². The van der Waals surface area contributed by atoms with Crippen LogP contribution in [-0.4, -0.2) is 43.5 Å². The van der Waals surface area contributed by atoms with Gasteiger partial charge in [-0.25, -0.2) is 14.8 Å². The van der Waals surface area contributed by atoms with Gasteiger partial charge in [-0.3, -0.25) is 4.79 Å². The number of hydrogen-bond acceptors (Lipinski definition) is 7. The molecule has 0 saturated heterocycles. The molecule has 144 valence electrons. The van der Waals surface area contributed by atoms with Gasteiger partial charge in [0.1, 0.15) is 11.3 Å². The monoisotopic (exact) mass is 372 g/mol. The van der Waals surface area contributed by atoms with Crippen LogP contribution in [0.1, 0.15) is 40.0 Å². The summed E-state index contributed by atoms with van der Waals surface area (Å²) in [7, 11) is 0. The molecule has 2 aromatic rings. The lowest BCUT2D eigenvalue weighted by atomic mass is 10.2. The Morgan fingerprint density at radius 2 is 1.93 bits per heavy atom. The summed E-state index contributed by atoms with van der Waals surface area (Å²) >= 11 is 0. The normalized spacial score (nSPS) is 19.5. The van der Waals surface area contributed by atoms with Crippen molar-refractivity contribution >= 4 is 12.0 Å². The number of rotatable bonds is 4. The van der Waals surface area contributed by atoms with Gasteiger partial charge in [-0.15, -0.1) is 0 Å². The van der Waals surface area contributed by atoms with E-state index >= 15 is 0 Å². The molecule has 9 nitrogen and oxygen atoms in total. The van der Waals surface area contributed by atoms with Crippen molar-refractivity contribution in [3.63, 3.8) is 0 Å². The quantitative estimate of drug-likeness (QED) is 0.843. The fourth-order valence-corrected chi connectivity index (χ4v) is 2.96. The van der Waals surface area contributed by atoms with Gasteiger partial charge in [-0.05, 0) is 46.1 Å². The third-order valence-corrected chi connectivity index (χ3v) is 4.09. The van der Waals surface area contributed by atoms with Gasteiger partial charge in [0.15, 0.2) is 0 Å². The van der Waals surface area contributed by atoms with Gasteiger partial charge < -0.3 is 15.4 Å². The number of ether oxygens (including phenoxy) is 1. The van der Waals surface area contributed by atoms with Crippen LogP contribution in [0.5, 0.6) is 0 Å². The van der Waals surface area contributed by atoms with Crippen LogP contribution in [0, 0.1) is 0 Å². The standard InChI is InChI=1S/C18H24N6O3/c1-18(2,3)27-17(26)23-13-7-6-12(9-13)22-16-19-10-14(11-20-16)24-15(25)5-4-8-21-24/h4-5,8,10-13H,6-7,9H2,1-3H3,(H,23,26)(H,19,20,22)/t12-,13-/m0/s1. The summed E-state index contributed by atoms with van der Waals surface area (Å²) in [5.41, 5.74) is -0.249. The predicted octanol–water partition coefficient (Wildman–Crippen LogP) is 1.88. The number of amides is 1. The van der Waals surface area contributed by atoms with Crippen molar-refractivity contribution in [1.82, 2.24) is 25.1 Å². The van der Waals surface area contributed by atoms with E-state index in [1.54, 1.807) is 18.5 Å². The highest BCUT2D eigenvalue weighted by Crippen LogP contribution is 2.22. The number of carbonyl (C=O) groups excluding carboxylic acids is 1. The van der Waals surface area contributed by atoms with Crippen LogP contribution in [0.2, 0.25) is 0 Å². The van der Waals surface area contributed by atoms with Crippen LogP contribution in [0.4, 0.5) is 10.7 Å². The zero-order valence-corrected chi connectivity index (χ0v) is 15.7. The Morgan fingerprint density at radius 3 is 2.59 bits per heavy atom. The molecule has 1 amide bonds. The summed E-state index contributed by atoms with van der Waals surface area (Å²) < 4.78 is 6.53. The highest BCUT2D eigenvalue weighted by Gasteiger charge is 2.28. The Bertz CT molecular complexity index is 843. The van der Waals surface area contributed by atoms with Crippen molar-refractivity contribution in [2.24, 2.45) is 0 Å². The third kappa shape index (κ3) is 5.25. The van der Waals surface area contributed by atoms with Crippen molar-refractivity contribution in [1.29, 1.82) is 0 Å². The van der Waals surface area contributed by atoms with E-state index in [0.717, 1.165) is 19.3 Å². The van der Waals surface area contributed by atoms with Crippen LogP contribution < -0.4 is 16.2 Å². The number of nitrogens with zero attached hydrogens (tertiary/aromatic N) is 4. The minimum absolute atomic E-state index is 0.0590. The van der Waals surface area contributed by atoms with E-state index in [1.807, 2.05) is 20.8 Å². The molecule has 0 radical (unpaired) electrons. The van der Waals surface area contributed by atoms with Gasteiger partial charge in [0.2, 0.25) is 5.95 Å². The molecule has 0 bridgehead atoms. The first-order valence-electron chi connectivity index (χ1n) is 8.93. The smallest absolute Gasteiger partial charge is 0.407 e. The van der Waals surface area contributed by atoms with Gasteiger partial charge in [-0.1, -0.05) is 0 Å². The maximum absolute atomic E-state index is 11.9. The average Bonchev–Trinajstić information content (AvgIpc) is 3.01. The summed E-state index contributed by atoms with van der Waals surface area (Å²) in [6, 6.07) is 3.23. The highest BCUT2D eigenvalue weighted by molar-refractivity contribution is 5.68. The van der Waals surface area contributed by atoms with Crippen LogP contribution in [0.3, 0.4) is 0 Å². The lowest BCUT2D eigenvalue weighted by Gasteiger charge is -2.21. The topological polar surface area (TPSA) is 111 Å². The molecule has 0 aromatic carbocycles. The second-order valence-corrected chi connectivity index (χ2v) is 7.54. The molecule has 27 heavy (non-hydrogen) atoms. The van der Waals surface area contributed by atoms with E-state index in [-0.39, 0.29) is 17.6 Å². The summed E-state index contributed by atoms with van der Waals surface area (Å²) in [4.78, 5) is 32.2. The van der Waals surface area contributed by atoms with Crippen molar-refractivity contribution in [3.8, 4) is 5.69 Å². The number of hydrogen-bond donors (Lipinski definition) is 2. The Kier molecular flexibility index (Phi) is 5.38. The summed E-state index contributed by atoms with van der Waals surface area (Å²) in [5.74, 6) is 0.477. The third-order valence-electron chi connectivity index (χ3n) is 4.09. The zero-order valence-electron chi connectivity index (χ0n) is 15.7. The van der Waals surface area contributed by atoms with Crippen LogP contribution in [0.15, 0.2) is 35.5 Å². The van der Waals surface area contributed by atoms with E-state index in [0.29, 0.717) is 11.6 Å². The van der Waals surface area contributed by atoms with Crippen molar-refractivity contribution in [2.75, 3.05) is 5.32 Å². The first-order chi connectivity index (χ1) is 12.8. The summed E-state index contributed by atoms with van der Waals surface area (Å²) in [5, 5.41) is 10.2. The fraction of sp³-hybridized carbons (Fsp3) is 0.500. The maximum atomic E-state index is 11.9. The molecule has 1 aliphatic carbocycles. The zero-order chi connectivity index (χ0) is 19.4. The molecule has 2 heterocycles. The van der Waals surface area contributed by atoms with E-state index in [1.165, 1.54) is 16.9 Å². The molecule has 3 rings (SSSR count). The first-order valence-corrected chi connectivity index (χ1v) is 8.93. The Balaban J connectivity index is 1.54. The van der Waals surface area contributed by atoms with Gasteiger partial charge in [-0.2, -0.15) is 9.78 Å². The Morgan fingerprint density at radius 1 is 1.22 bits per heavy atom.